The number of hydrogen-bond donors (Lipinski definition) is 3. The second-order valence-corrected chi connectivity index (χ2v) is 11.3. The molecule has 2 aliphatic rings. The average molecular weight is 623 g/mol. The Morgan fingerprint density at radius 3 is 2.76 bits per heavy atom. The number of anilines is 3. The number of aliphatic hydroxyl groups excluding tert-OH is 1. The summed E-state index contributed by atoms with van der Waals surface area (Å²) in [5.74, 6) is 1.39. The molecule has 5 aromatic rings. The molecule has 46 heavy (non-hydrogen) atoms. The number of aryl methyl sites for hydroxylation is 1. The molecule has 3 aromatic heterocycles. The van der Waals surface area contributed by atoms with Gasteiger partial charge in [-0.05, 0) is 31.0 Å². The Kier molecular flexibility index (Phi) is 7.97. The minimum absolute atomic E-state index is 0.0174. The summed E-state index contributed by atoms with van der Waals surface area (Å²) in [5, 5.41) is 25.9. The van der Waals surface area contributed by atoms with Crippen molar-refractivity contribution in [2.45, 2.75) is 25.7 Å². The molecule has 1 aliphatic carbocycles. The first-order valence-corrected chi connectivity index (χ1v) is 15.3. The van der Waals surface area contributed by atoms with Gasteiger partial charge in [0.1, 0.15) is 22.8 Å². The lowest BCUT2D eigenvalue weighted by atomic mass is 10.1. The Morgan fingerprint density at radius 1 is 1.11 bits per heavy atom. The van der Waals surface area contributed by atoms with Gasteiger partial charge in [0.25, 0.3) is 5.69 Å². The molecule has 1 saturated heterocycles. The summed E-state index contributed by atoms with van der Waals surface area (Å²) in [7, 11) is 1.54. The maximum Gasteiger partial charge on any atom is 0.294 e. The van der Waals surface area contributed by atoms with Crippen molar-refractivity contribution < 1.29 is 19.2 Å². The van der Waals surface area contributed by atoms with Crippen LogP contribution < -0.4 is 15.0 Å². The average Bonchev–Trinajstić information content (AvgIpc) is 3.73. The van der Waals surface area contributed by atoms with Gasteiger partial charge in [-0.2, -0.15) is 0 Å². The number of nitrogens with zero attached hydrogens (tertiary/aromatic N) is 6. The highest BCUT2D eigenvalue weighted by Crippen LogP contribution is 2.40. The van der Waals surface area contributed by atoms with Crippen LogP contribution in [0.15, 0.2) is 71.1 Å². The maximum absolute atomic E-state index is 12.3. The van der Waals surface area contributed by atoms with E-state index in [1.165, 1.54) is 18.9 Å². The number of fused-ring (bicyclic) bond motifs is 1. The van der Waals surface area contributed by atoms with Crippen molar-refractivity contribution in [3.8, 4) is 28.4 Å². The number of aliphatic hydroxyl groups is 1. The lowest BCUT2D eigenvalue weighted by Gasteiger charge is -2.24. The van der Waals surface area contributed by atoms with E-state index in [-0.39, 0.29) is 23.2 Å². The van der Waals surface area contributed by atoms with Crippen LogP contribution in [0, 0.1) is 10.1 Å². The van der Waals surface area contributed by atoms with Crippen LogP contribution in [0.3, 0.4) is 0 Å². The van der Waals surface area contributed by atoms with Gasteiger partial charge in [0, 0.05) is 80.6 Å². The van der Waals surface area contributed by atoms with E-state index in [9.17, 15) is 15.2 Å². The Balaban J connectivity index is 1.21. The zero-order chi connectivity index (χ0) is 31.6. The van der Waals surface area contributed by atoms with Crippen LogP contribution in [0.2, 0.25) is 0 Å². The number of ether oxygens (including phenoxy) is 1. The molecular formula is C33H34N8O5. The smallest absolute Gasteiger partial charge is 0.294 e. The second kappa shape index (κ2) is 12.5. The highest BCUT2D eigenvalue weighted by Gasteiger charge is 2.27. The van der Waals surface area contributed by atoms with E-state index in [0.717, 1.165) is 42.5 Å². The molecule has 0 radical (unpaired) electrons. The fourth-order valence-electron chi connectivity index (χ4n) is 5.94. The predicted octanol–water partition coefficient (Wildman–Crippen LogP) is 5.66. The summed E-state index contributed by atoms with van der Waals surface area (Å²) in [6.07, 6.45) is 8.53. The molecule has 0 bridgehead atoms. The number of benzene rings is 2. The summed E-state index contributed by atoms with van der Waals surface area (Å²) in [6.45, 7) is 3.20. The molecule has 3 N–H and O–H groups in total. The van der Waals surface area contributed by atoms with Gasteiger partial charge < -0.3 is 34.4 Å². The van der Waals surface area contributed by atoms with Crippen molar-refractivity contribution in [3.05, 3.63) is 82.6 Å². The van der Waals surface area contributed by atoms with Crippen LogP contribution in [0.25, 0.3) is 33.6 Å². The zero-order valence-corrected chi connectivity index (χ0v) is 25.4. The molecule has 2 aromatic carbocycles. The number of allylic oxidation sites excluding steroid dienone is 2. The largest absolute Gasteiger partial charge is 0.494 e. The Bertz CT molecular complexity index is 1930. The number of methoxy groups -OCH3 is 1. The minimum atomic E-state index is -0.357. The lowest BCUT2D eigenvalue weighted by Crippen LogP contribution is -2.29. The van der Waals surface area contributed by atoms with Crippen molar-refractivity contribution in [1.82, 2.24) is 24.8 Å². The van der Waals surface area contributed by atoms with Crippen molar-refractivity contribution in [2.75, 3.05) is 50.1 Å². The van der Waals surface area contributed by atoms with E-state index >= 15 is 0 Å². The monoisotopic (exact) mass is 622 g/mol. The predicted molar refractivity (Wildman–Crippen MR) is 174 cm³/mol. The van der Waals surface area contributed by atoms with Crippen molar-refractivity contribution in [2.24, 2.45) is 0 Å². The summed E-state index contributed by atoms with van der Waals surface area (Å²) < 4.78 is 11.3. The van der Waals surface area contributed by atoms with E-state index < -0.39 is 0 Å². The number of rotatable bonds is 11. The number of H-pyrrole nitrogens is 1. The third-order valence-corrected chi connectivity index (χ3v) is 8.34. The van der Waals surface area contributed by atoms with Gasteiger partial charge in [0.05, 0.1) is 41.1 Å². The van der Waals surface area contributed by atoms with E-state index in [1.54, 1.807) is 24.6 Å². The Hall–Kier alpha value is -5.43. The van der Waals surface area contributed by atoms with Gasteiger partial charge >= 0.3 is 0 Å². The number of imidazole rings is 1. The van der Waals surface area contributed by atoms with Crippen LogP contribution in [0.4, 0.5) is 23.0 Å². The highest BCUT2D eigenvalue weighted by molar-refractivity contribution is 5.86. The maximum atomic E-state index is 12.3. The number of furan rings is 1. The molecule has 236 valence electrons. The number of nitrogens with one attached hydrogen (secondary N) is 2. The molecule has 0 spiro atoms. The molecule has 0 amide bonds. The first-order valence-electron chi connectivity index (χ1n) is 15.3. The van der Waals surface area contributed by atoms with Crippen LogP contribution in [0.5, 0.6) is 5.75 Å². The minimum Gasteiger partial charge on any atom is -0.494 e. The fourth-order valence-corrected chi connectivity index (χ4v) is 5.94. The molecule has 7 rings (SSSR count). The third kappa shape index (κ3) is 5.96. The van der Waals surface area contributed by atoms with Crippen molar-refractivity contribution in [3.63, 3.8) is 0 Å². The lowest BCUT2D eigenvalue weighted by molar-refractivity contribution is -0.384. The number of hydrogen-bond acceptors (Lipinski definition) is 11. The van der Waals surface area contributed by atoms with Gasteiger partial charge in [-0.3, -0.25) is 10.1 Å². The van der Waals surface area contributed by atoms with Gasteiger partial charge in [-0.1, -0.05) is 18.2 Å². The van der Waals surface area contributed by atoms with Gasteiger partial charge in [-0.25, -0.2) is 15.0 Å². The van der Waals surface area contributed by atoms with Gasteiger partial charge in [0.15, 0.2) is 0 Å². The first kappa shape index (κ1) is 29.3. The zero-order valence-electron chi connectivity index (χ0n) is 25.4. The quantitative estimate of drug-likeness (QED) is 0.123. The van der Waals surface area contributed by atoms with E-state index in [1.807, 2.05) is 24.3 Å². The Morgan fingerprint density at radius 2 is 1.96 bits per heavy atom. The van der Waals surface area contributed by atoms with Crippen LogP contribution in [-0.2, 0) is 6.42 Å². The summed E-state index contributed by atoms with van der Waals surface area (Å²) in [6, 6.07) is 12.8. The topological polar surface area (TPSA) is 159 Å². The summed E-state index contributed by atoms with van der Waals surface area (Å²) in [4.78, 5) is 33.8. The molecule has 0 saturated carbocycles. The fraction of sp³-hybridized carbons (Fsp3) is 0.303. The molecule has 13 nitrogen and oxygen atoms in total. The molecule has 0 atom stereocenters. The van der Waals surface area contributed by atoms with E-state index in [4.69, 9.17) is 19.1 Å². The standard InChI is InChI=1S/C33H34N8O5/c1-45-29-20-26(40-13-3-12-39(14-15-40)23-7-8-23)27(41(43)44)19-25(29)36-33-34-11-9-24(35-33)32-31(37-30(38-32)4-2-16-42)22-6-5-21-10-17-46-28(21)18-22/h5-7,9-11,17-20,42H,2-4,8,12-16H2,1H3,(H,37,38)(H,34,35,36). The number of aromatic nitrogens is 4. The first-order chi connectivity index (χ1) is 22.5. The van der Waals surface area contributed by atoms with Gasteiger partial charge in [-0.15, -0.1) is 0 Å². The molecule has 4 heterocycles. The van der Waals surface area contributed by atoms with Gasteiger partial charge in [0.2, 0.25) is 5.95 Å². The molecule has 13 heteroatoms. The summed E-state index contributed by atoms with van der Waals surface area (Å²) >= 11 is 0. The van der Waals surface area contributed by atoms with Crippen LogP contribution in [0.1, 0.15) is 25.1 Å². The Labute approximate surface area is 264 Å². The second-order valence-electron chi connectivity index (χ2n) is 11.3. The van der Waals surface area contributed by atoms with Crippen LogP contribution in [-0.4, -0.2) is 74.8 Å². The van der Waals surface area contributed by atoms with E-state index in [2.05, 4.69) is 31.2 Å². The highest BCUT2D eigenvalue weighted by atomic mass is 16.6. The number of aromatic amines is 1. The van der Waals surface area contributed by atoms with Crippen molar-refractivity contribution >= 4 is 34.0 Å². The van der Waals surface area contributed by atoms with E-state index in [0.29, 0.717) is 66.0 Å². The SMILES string of the molecule is COc1cc(N2CCCN(C3=CC3)CC2)c([N+](=O)[O-])cc1Nc1nccc(-c2[nH]c(CCCO)nc2-c2ccc3ccoc3c2)n1. The molecular weight excluding hydrogens is 588 g/mol. The number of nitro groups is 1. The molecule has 0 unspecified atom stereocenters. The summed E-state index contributed by atoms with van der Waals surface area (Å²) in [5.41, 5.74) is 5.76. The molecule has 1 aliphatic heterocycles. The number of nitro benzene ring substituents is 1. The van der Waals surface area contributed by atoms with Crippen molar-refractivity contribution in [1.29, 1.82) is 0 Å². The normalized spacial score (nSPS) is 14.7. The van der Waals surface area contributed by atoms with Crippen LogP contribution >= 0.6 is 0 Å². The molecule has 1 fully saturated rings. The third-order valence-electron chi connectivity index (χ3n) is 8.34.